The Labute approximate surface area is 113 Å². The molecule has 0 saturated carbocycles. The van der Waals surface area contributed by atoms with Crippen LogP contribution in [0, 0.1) is 5.82 Å². The monoisotopic (exact) mass is 277 g/mol. The van der Waals surface area contributed by atoms with Crippen molar-refractivity contribution in [2.24, 2.45) is 7.05 Å². The van der Waals surface area contributed by atoms with E-state index < -0.39 is 0 Å². The number of halogens is 1. The Morgan fingerprint density at radius 1 is 1.42 bits per heavy atom. The number of nitrogens with zero attached hydrogens (tertiary/aromatic N) is 4. The molecule has 0 aliphatic carbocycles. The fourth-order valence-corrected chi connectivity index (χ4v) is 2.63. The first-order valence-corrected chi connectivity index (χ1v) is 6.67. The Balaban J connectivity index is 1.65. The molecule has 0 fully saturated rings. The molecule has 98 valence electrons. The Hall–Kier alpha value is -2.02. The van der Waals surface area contributed by atoms with Gasteiger partial charge in [-0.1, -0.05) is 11.3 Å². The quantitative estimate of drug-likeness (QED) is 0.794. The van der Waals surface area contributed by atoms with Gasteiger partial charge in [0.05, 0.1) is 10.2 Å². The summed E-state index contributed by atoms with van der Waals surface area (Å²) in [5.41, 5.74) is 0.684. The Kier molecular flexibility index (Phi) is 3.12. The van der Waals surface area contributed by atoms with E-state index in [-0.39, 0.29) is 5.82 Å². The second kappa shape index (κ2) is 4.93. The van der Waals surface area contributed by atoms with Crippen molar-refractivity contribution in [3.05, 3.63) is 36.2 Å². The van der Waals surface area contributed by atoms with Gasteiger partial charge in [-0.3, -0.25) is 4.68 Å². The zero-order valence-corrected chi connectivity index (χ0v) is 11.1. The summed E-state index contributed by atoms with van der Waals surface area (Å²) in [4.78, 5) is 8.48. The summed E-state index contributed by atoms with van der Waals surface area (Å²) < 4.78 is 15.7. The number of rotatable bonds is 4. The molecule has 0 amide bonds. The molecular weight excluding hydrogens is 265 g/mol. The van der Waals surface area contributed by atoms with E-state index in [1.807, 2.05) is 7.05 Å². The molecule has 2 heterocycles. The predicted molar refractivity (Wildman–Crippen MR) is 72.8 cm³/mol. The van der Waals surface area contributed by atoms with Crippen molar-refractivity contribution in [3.8, 4) is 0 Å². The number of thiazole rings is 1. The summed E-state index contributed by atoms with van der Waals surface area (Å²) in [6.45, 7) is 0.701. The maximum absolute atomic E-state index is 13.0. The van der Waals surface area contributed by atoms with Gasteiger partial charge >= 0.3 is 0 Å². The number of aromatic nitrogens is 4. The van der Waals surface area contributed by atoms with Crippen molar-refractivity contribution in [2.45, 2.75) is 6.42 Å². The molecule has 2 aromatic heterocycles. The van der Waals surface area contributed by atoms with Crippen LogP contribution in [0.3, 0.4) is 0 Å². The molecule has 0 bridgehead atoms. The molecule has 0 aliphatic heterocycles. The molecule has 3 aromatic rings. The molecule has 0 saturated heterocycles. The molecule has 0 spiro atoms. The number of benzene rings is 1. The van der Waals surface area contributed by atoms with E-state index in [1.165, 1.54) is 23.5 Å². The van der Waals surface area contributed by atoms with Crippen molar-refractivity contribution in [1.29, 1.82) is 0 Å². The van der Waals surface area contributed by atoms with Crippen molar-refractivity contribution in [3.63, 3.8) is 0 Å². The zero-order valence-electron chi connectivity index (χ0n) is 10.3. The van der Waals surface area contributed by atoms with E-state index in [0.29, 0.717) is 12.1 Å². The Morgan fingerprint density at radius 2 is 2.32 bits per heavy atom. The molecule has 0 radical (unpaired) electrons. The lowest BCUT2D eigenvalue weighted by Gasteiger charge is -1.98. The highest BCUT2D eigenvalue weighted by molar-refractivity contribution is 7.22. The maximum Gasteiger partial charge on any atom is 0.183 e. The van der Waals surface area contributed by atoms with Gasteiger partial charge in [0.1, 0.15) is 12.1 Å². The van der Waals surface area contributed by atoms with Crippen LogP contribution in [-0.4, -0.2) is 26.3 Å². The summed E-state index contributed by atoms with van der Waals surface area (Å²) in [7, 11) is 1.84. The summed E-state index contributed by atoms with van der Waals surface area (Å²) in [6, 6.07) is 4.63. The SMILES string of the molecule is Cn1cnc(CCNc2nc3cc(F)ccc3s2)n1. The third-order valence-corrected chi connectivity index (χ3v) is 3.62. The normalized spacial score (nSPS) is 11.1. The lowest BCUT2D eigenvalue weighted by Crippen LogP contribution is -2.06. The highest BCUT2D eigenvalue weighted by Gasteiger charge is 2.05. The lowest BCUT2D eigenvalue weighted by molar-refractivity contribution is 0.629. The molecule has 5 nitrogen and oxygen atoms in total. The second-order valence-corrected chi connectivity index (χ2v) is 5.17. The Morgan fingerprint density at radius 3 is 3.11 bits per heavy atom. The van der Waals surface area contributed by atoms with E-state index in [2.05, 4.69) is 20.4 Å². The third kappa shape index (κ3) is 2.70. The topological polar surface area (TPSA) is 55.6 Å². The smallest absolute Gasteiger partial charge is 0.183 e. The standard InChI is InChI=1S/C12H12FN5S/c1-18-7-15-11(17-18)4-5-14-12-16-9-6-8(13)2-3-10(9)19-12/h2-3,6-7H,4-5H2,1H3,(H,14,16). The van der Waals surface area contributed by atoms with E-state index in [4.69, 9.17) is 0 Å². The minimum Gasteiger partial charge on any atom is -0.361 e. The van der Waals surface area contributed by atoms with Crippen molar-refractivity contribution in [2.75, 3.05) is 11.9 Å². The highest BCUT2D eigenvalue weighted by Crippen LogP contribution is 2.26. The van der Waals surface area contributed by atoms with Crippen LogP contribution in [0.15, 0.2) is 24.5 Å². The first-order valence-electron chi connectivity index (χ1n) is 5.85. The minimum absolute atomic E-state index is 0.262. The number of fused-ring (bicyclic) bond motifs is 1. The van der Waals surface area contributed by atoms with Gasteiger partial charge in [-0.2, -0.15) is 5.10 Å². The van der Waals surface area contributed by atoms with E-state index in [1.54, 1.807) is 17.1 Å². The van der Waals surface area contributed by atoms with E-state index in [0.717, 1.165) is 22.1 Å². The van der Waals surface area contributed by atoms with Crippen molar-refractivity contribution in [1.82, 2.24) is 19.7 Å². The summed E-state index contributed by atoms with van der Waals surface area (Å²) in [5, 5.41) is 8.19. The summed E-state index contributed by atoms with van der Waals surface area (Å²) in [6.07, 6.45) is 2.40. The van der Waals surface area contributed by atoms with Gasteiger partial charge < -0.3 is 5.32 Å². The van der Waals surface area contributed by atoms with Crippen LogP contribution in [-0.2, 0) is 13.5 Å². The predicted octanol–water partition coefficient (Wildman–Crippen LogP) is 2.22. The number of hydrogen-bond acceptors (Lipinski definition) is 5. The number of hydrogen-bond donors (Lipinski definition) is 1. The highest BCUT2D eigenvalue weighted by atomic mass is 32.1. The van der Waals surface area contributed by atoms with Gasteiger partial charge in [-0.05, 0) is 12.1 Å². The van der Waals surface area contributed by atoms with Gasteiger partial charge in [-0.15, -0.1) is 0 Å². The Bertz CT molecular complexity index is 705. The molecule has 0 unspecified atom stereocenters. The van der Waals surface area contributed by atoms with E-state index >= 15 is 0 Å². The van der Waals surface area contributed by atoms with E-state index in [9.17, 15) is 4.39 Å². The van der Waals surface area contributed by atoms with Gasteiger partial charge in [0.15, 0.2) is 11.0 Å². The molecule has 1 aromatic carbocycles. The number of aryl methyl sites for hydroxylation is 1. The van der Waals surface area contributed by atoms with Crippen molar-refractivity contribution < 1.29 is 4.39 Å². The summed E-state index contributed by atoms with van der Waals surface area (Å²) >= 11 is 1.51. The third-order valence-electron chi connectivity index (χ3n) is 2.62. The average Bonchev–Trinajstić information content (AvgIpc) is 2.95. The summed E-state index contributed by atoms with van der Waals surface area (Å²) in [5.74, 6) is 0.532. The van der Waals surface area contributed by atoms with Crippen LogP contribution in [0.5, 0.6) is 0 Å². The van der Waals surface area contributed by atoms with Crippen LogP contribution >= 0.6 is 11.3 Å². The van der Waals surface area contributed by atoms with Gasteiger partial charge in [0.25, 0.3) is 0 Å². The fraction of sp³-hybridized carbons (Fsp3) is 0.250. The van der Waals surface area contributed by atoms with Gasteiger partial charge in [0.2, 0.25) is 0 Å². The molecular formula is C12H12FN5S. The maximum atomic E-state index is 13.0. The average molecular weight is 277 g/mol. The molecule has 0 atom stereocenters. The first-order chi connectivity index (χ1) is 9.20. The van der Waals surface area contributed by atoms with Gasteiger partial charge in [-0.25, -0.2) is 14.4 Å². The van der Waals surface area contributed by atoms with Crippen LogP contribution in [0.4, 0.5) is 9.52 Å². The molecule has 7 heteroatoms. The largest absolute Gasteiger partial charge is 0.361 e. The van der Waals surface area contributed by atoms with Crippen LogP contribution in [0.2, 0.25) is 0 Å². The lowest BCUT2D eigenvalue weighted by atomic mass is 10.3. The van der Waals surface area contributed by atoms with Gasteiger partial charge in [0, 0.05) is 26.1 Å². The molecule has 0 aliphatic rings. The fourth-order valence-electron chi connectivity index (χ4n) is 1.76. The minimum atomic E-state index is -0.262. The molecule has 3 rings (SSSR count). The number of anilines is 1. The number of nitrogens with one attached hydrogen (secondary N) is 1. The first kappa shape index (κ1) is 12.0. The van der Waals surface area contributed by atoms with Crippen LogP contribution in [0.25, 0.3) is 10.2 Å². The van der Waals surface area contributed by atoms with Crippen molar-refractivity contribution >= 4 is 26.7 Å². The van der Waals surface area contributed by atoms with Crippen LogP contribution < -0.4 is 5.32 Å². The molecule has 19 heavy (non-hydrogen) atoms. The second-order valence-electron chi connectivity index (χ2n) is 4.14. The zero-order chi connectivity index (χ0) is 13.2. The van der Waals surface area contributed by atoms with Crippen LogP contribution in [0.1, 0.15) is 5.82 Å². The molecule has 1 N–H and O–H groups in total.